The van der Waals surface area contributed by atoms with Crippen LogP contribution in [0.5, 0.6) is 0 Å². The SMILES string of the molecule is CC1CCCCC1NC(C)(C)c1nccs1. The summed E-state index contributed by atoms with van der Waals surface area (Å²) in [5.74, 6) is 0.799. The molecule has 1 N–H and O–H groups in total. The first-order chi connectivity index (χ1) is 7.59. The van der Waals surface area contributed by atoms with Gasteiger partial charge in [0.05, 0.1) is 5.54 Å². The third-order valence-electron chi connectivity index (χ3n) is 3.62. The summed E-state index contributed by atoms with van der Waals surface area (Å²) in [5.41, 5.74) is 0.0183. The van der Waals surface area contributed by atoms with E-state index < -0.39 is 0 Å². The van der Waals surface area contributed by atoms with Gasteiger partial charge in [0.15, 0.2) is 0 Å². The van der Waals surface area contributed by atoms with Gasteiger partial charge in [0, 0.05) is 17.6 Å². The first-order valence-corrected chi connectivity index (χ1v) is 7.15. The number of aromatic nitrogens is 1. The van der Waals surface area contributed by atoms with E-state index >= 15 is 0 Å². The quantitative estimate of drug-likeness (QED) is 0.871. The van der Waals surface area contributed by atoms with E-state index in [1.54, 1.807) is 11.3 Å². The summed E-state index contributed by atoms with van der Waals surface area (Å²) < 4.78 is 0. The molecule has 1 aromatic heterocycles. The van der Waals surface area contributed by atoms with Crippen LogP contribution in [0.4, 0.5) is 0 Å². The number of nitrogens with zero attached hydrogens (tertiary/aromatic N) is 1. The van der Waals surface area contributed by atoms with Gasteiger partial charge < -0.3 is 5.32 Å². The maximum Gasteiger partial charge on any atom is 0.112 e. The zero-order valence-electron chi connectivity index (χ0n) is 10.5. The summed E-state index contributed by atoms with van der Waals surface area (Å²) in [7, 11) is 0. The normalized spacial score (nSPS) is 26.9. The van der Waals surface area contributed by atoms with Gasteiger partial charge in [-0.15, -0.1) is 11.3 Å². The molecule has 1 aliphatic rings. The molecule has 0 bridgehead atoms. The van der Waals surface area contributed by atoms with Crippen LogP contribution in [0.2, 0.25) is 0 Å². The van der Waals surface area contributed by atoms with Gasteiger partial charge in [0.1, 0.15) is 5.01 Å². The molecule has 3 heteroatoms. The highest BCUT2D eigenvalue weighted by Gasteiger charge is 2.30. The molecule has 1 heterocycles. The number of thiazole rings is 1. The predicted octanol–water partition coefficient (Wildman–Crippen LogP) is 3.55. The fourth-order valence-corrected chi connectivity index (χ4v) is 3.31. The molecule has 1 aliphatic carbocycles. The highest BCUT2D eigenvalue weighted by Crippen LogP contribution is 2.29. The largest absolute Gasteiger partial charge is 0.303 e. The Balaban J connectivity index is 2.02. The molecule has 2 rings (SSSR count). The Kier molecular flexibility index (Phi) is 3.65. The second-order valence-electron chi connectivity index (χ2n) is 5.47. The van der Waals surface area contributed by atoms with Crippen LogP contribution in [0.25, 0.3) is 0 Å². The number of nitrogens with one attached hydrogen (secondary N) is 1. The summed E-state index contributed by atoms with van der Waals surface area (Å²) in [5, 5.41) is 7.05. The average Bonchev–Trinajstić information content (AvgIpc) is 2.75. The van der Waals surface area contributed by atoms with Crippen LogP contribution in [-0.4, -0.2) is 11.0 Å². The maximum absolute atomic E-state index is 4.43. The molecule has 1 aromatic rings. The molecular weight excluding hydrogens is 216 g/mol. The molecule has 2 nitrogen and oxygen atoms in total. The topological polar surface area (TPSA) is 24.9 Å². The zero-order valence-corrected chi connectivity index (χ0v) is 11.3. The molecule has 2 atom stereocenters. The van der Waals surface area contributed by atoms with E-state index in [0.717, 1.165) is 5.92 Å². The minimum absolute atomic E-state index is 0.0183. The van der Waals surface area contributed by atoms with Crippen LogP contribution >= 0.6 is 11.3 Å². The van der Waals surface area contributed by atoms with Crippen LogP contribution < -0.4 is 5.32 Å². The Morgan fingerprint density at radius 3 is 2.75 bits per heavy atom. The van der Waals surface area contributed by atoms with Gasteiger partial charge in [-0.05, 0) is 32.6 Å². The van der Waals surface area contributed by atoms with Crippen molar-refractivity contribution in [2.75, 3.05) is 0 Å². The summed E-state index contributed by atoms with van der Waals surface area (Å²) in [6, 6.07) is 0.660. The molecule has 0 aliphatic heterocycles. The van der Waals surface area contributed by atoms with Crippen molar-refractivity contribution in [1.29, 1.82) is 0 Å². The Morgan fingerprint density at radius 1 is 1.38 bits per heavy atom. The minimum Gasteiger partial charge on any atom is -0.303 e. The number of hydrogen-bond acceptors (Lipinski definition) is 3. The van der Waals surface area contributed by atoms with Gasteiger partial charge >= 0.3 is 0 Å². The first kappa shape index (κ1) is 12.1. The molecular formula is C13H22N2S. The van der Waals surface area contributed by atoms with E-state index in [9.17, 15) is 0 Å². The highest BCUT2D eigenvalue weighted by molar-refractivity contribution is 7.09. The molecule has 1 saturated carbocycles. The van der Waals surface area contributed by atoms with Crippen molar-refractivity contribution < 1.29 is 0 Å². The van der Waals surface area contributed by atoms with Crippen LogP contribution in [0.1, 0.15) is 51.5 Å². The number of rotatable bonds is 3. The Morgan fingerprint density at radius 2 is 2.12 bits per heavy atom. The Bertz CT molecular complexity index is 319. The van der Waals surface area contributed by atoms with Crippen LogP contribution in [-0.2, 0) is 5.54 Å². The molecule has 0 amide bonds. The van der Waals surface area contributed by atoms with Crippen molar-refractivity contribution in [1.82, 2.24) is 10.3 Å². The van der Waals surface area contributed by atoms with Gasteiger partial charge in [0.25, 0.3) is 0 Å². The third-order valence-corrected chi connectivity index (χ3v) is 4.72. The lowest BCUT2D eigenvalue weighted by molar-refractivity contribution is 0.222. The average molecular weight is 238 g/mol. The second-order valence-corrected chi connectivity index (χ2v) is 6.37. The smallest absolute Gasteiger partial charge is 0.112 e. The summed E-state index contributed by atoms with van der Waals surface area (Å²) in [6.07, 6.45) is 7.35. The van der Waals surface area contributed by atoms with Crippen molar-refractivity contribution in [3.8, 4) is 0 Å². The van der Waals surface area contributed by atoms with Crippen LogP contribution in [0.3, 0.4) is 0 Å². The van der Waals surface area contributed by atoms with Crippen molar-refractivity contribution >= 4 is 11.3 Å². The van der Waals surface area contributed by atoms with Gasteiger partial charge in [0.2, 0.25) is 0 Å². The fourth-order valence-electron chi connectivity index (χ4n) is 2.59. The maximum atomic E-state index is 4.43. The van der Waals surface area contributed by atoms with Gasteiger partial charge in [-0.25, -0.2) is 4.98 Å². The van der Waals surface area contributed by atoms with E-state index in [-0.39, 0.29) is 5.54 Å². The summed E-state index contributed by atoms with van der Waals surface area (Å²) >= 11 is 1.75. The summed E-state index contributed by atoms with van der Waals surface area (Å²) in [4.78, 5) is 4.43. The lowest BCUT2D eigenvalue weighted by Gasteiger charge is -2.36. The lowest BCUT2D eigenvalue weighted by Crippen LogP contribution is -2.47. The van der Waals surface area contributed by atoms with Crippen LogP contribution in [0.15, 0.2) is 11.6 Å². The second kappa shape index (κ2) is 4.84. The van der Waals surface area contributed by atoms with E-state index in [1.165, 1.54) is 30.7 Å². The number of hydrogen-bond donors (Lipinski definition) is 1. The monoisotopic (exact) mass is 238 g/mol. The van der Waals surface area contributed by atoms with Crippen molar-refractivity contribution in [2.45, 2.75) is 58.0 Å². The molecule has 16 heavy (non-hydrogen) atoms. The van der Waals surface area contributed by atoms with Crippen molar-refractivity contribution in [3.05, 3.63) is 16.6 Å². The third kappa shape index (κ3) is 2.64. The van der Waals surface area contributed by atoms with Gasteiger partial charge in [-0.2, -0.15) is 0 Å². The predicted molar refractivity (Wildman–Crippen MR) is 69.7 cm³/mol. The highest BCUT2D eigenvalue weighted by atomic mass is 32.1. The standard InChI is InChI=1S/C13H22N2S/c1-10-6-4-5-7-11(10)15-13(2,3)12-14-8-9-16-12/h8-11,15H,4-7H2,1-3H3. The van der Waals surface area contributed by atoms with Crippen molar-refractivity contribution in [3.63, 3.8) is 0 Å². The van der Waals surface area contributed by atoms with E-state index in [1.807, 2.05) is 6.20 Å². The van der Waals surface area contributed by atoms with Crippen molar-refractivity contribution in [2.24, 2.45) is 5.92 Å². The molecule has 2 unspecified atom stereocenters. The van der Waals surface area contributed by atoms with Gasteiger partial charge in [-0.1, -0.05) is 19.8 Å². The molecule has 1 fully saturated rings. The molecule has 0 saturated heterocycles. The minimum atomic E-state index is 0.0183. The molecule has 90 valence electrons. The zero-order chi connectivity index (χ0) is 11.6. The molecule has 0 aromatic carbocycles. The fraction of sp³-hybridized carbons (Fsp3) is 0.769. The van der Waals surface area contributed by atoms with Gasteiger partial charge in [-0.3, -0.25) is 0 Å². The molecule has 0 spiro atoms. The van der Waals surface area contributed by atoms with E-state index in [4.69, 9.17) is 0 Å². The van der Waals surface area contributed by atoms with E-state index in [0.29, 0.717) is 6.04 Å². The summed E-state index contributed by atoms with van der Waals surface area (Å²) in [6.45, 7) is 6.86. The van der Waals surface area contributed by atoms with E-state index in [2.05, 4.69) is 36.5 Å². The Hall–Kier alpha value is -0.410. The van der Waals surface area contributed by atoms with Crippen LogP contribution in [0, 0.1) is 5.92 Å². The Labute approximate surface area is 102 Å². The molecule has 0 radical (unpaired) electrons. The first-order valence-electron chi connectivity index (χ1n) is 6.27. The lowest BCUT2D eigenvalue weighted by atomic mass is 9.84.